The molecular weight excluding hydrogens is 108 g/mol. The molecule has 0 saturated carbocycles. The first kappa shape index (κ1) is 6.07. The van der Waals surface area contributed by atoms with Gasteiger partial charge in [-0.1, -0.05) is 0 Å². The minimum absolute atomic E-state index is 0.00309. The van der Waals surface area contributed by atoms with E-state index in [-0.39, 0.29) is 5.82 Å². The molecule has 2 nitrogen and oxygen atoms in total. The average Bonchev–Trinajstić information content (AvgIpc) is 1.72. The molecule has 0 atom stereocenters. The van der Waals surface area contributed by atoms with Crippen LogP contribution in [0.5, 0.6) is 0 Å². The normalized spacial score (nSPS) is 5.57. The van der Waals surface area contributed by atoms with Gasteiger partial charge in [0.2, 0.25) is 0 Å². The molecule has 0 aromatic heterocycles. The first-order chi connectivity index (χ1) is 3.35. The maximum absolute atomic E-state index is 6.25. The van der Waals surface area contributed by atoms with Gasteiger partial charge >= 0.3 is 5.82 Å². The summed E-state index contributed by atoms with van der Waals surface area (Å²) < 4.78 is 0. The third-order valence-electron chi connectivity index (χ3n) is 0.345. The fourth-order valence-corrected chi connectivity index (χ4v) is 0.198. The molecule has 0 amide bonds. The van der Waals surface area contributed by atoms with Crippen LogP contribution in [0.15, 0.2) is 11.2 Å². The highest BCUT2D eigenvalue weighted by Gasteiger charge is 1.94. The second-order valence-corrected chi connectivity index (χ2v) is 0.969. The molecule has 0 N–H and O–H groups in total. The van der Waals surface area contributed by atoms with E-state index in [1.807, 2.05) is 0 Å². The maximum atomic E-state index is 6.25. The van der Waals surface area contributed by atoms with Crippen LogP contribution in [-0.2, 0) is 0 Å². The summed E-state index contributed by atoms with van der Waals surface area (Å²) in [7, 11) is 0. The van der Waals surface area contributed by atoms with Gasteiger partial charge in [0.15, 0.2) is 0 Å². The topological polar surface area (TPSA) is 8.72 Å². The van der Waals surface area contributed by atoms with Crippen LogP contribution in [0.2, 0.25) is 0 Å². The van der Waals surface area contributed by atoms with E-state index in [0.717, 1.165) is 0 Å². The summed E-state index contributed by atoms with van der Waals surface area (Å²) >= 11 is 3.59. The largest absolute Gasteiger partial charge is 0.525 e. The van der Waals surface area contributed by atoms with E-state index in [4.69, 9.17) is 13.1 Å². The Morgan fingerprint density at radius 2 is 1.86 bits per heavy atom. The van der Waals surface area contributed by atoms with Crippen LogP contribution in [0.25, 0.3) is 9.69 Å². The van der Waals surface area contributed by atoms with Crippen LogP contribution in [0.4, 0.5) is 0 Å². The van der Waals surface area contributed by atoms with Crippen molar-refractivity contribution in [3.05, 3.63) is 34.1 Å². The van der Waals surface area contributed by atoms with E-state index < -0.39 is 0 Å². The number of nitrogens with zero attached hydrogens (tertiary/aromatic N) is 2. The van der Waals surface area contributed by atoms with Gasteiger partial charge in [-0.25, -0.2) is 0 Å². The minimum atomic E-state index is 0.00309. The first-order valence-corrected chi connectivity index (χ1v) is 1.96. The fraction of sp³-hybridized carbons (Fsp3) is 0. The molecule has 0 unspecified atom stereocenters. The molecule has 0 spiro atoms. The highest BCUT2D eigenvalue weighted by Crippen LogP contribution is 1.97. The molecular formula is C4H2N2S. The van der Waals surface area contributed by atoms with Gasteiger partial charge in [0.25, 0.3) is 0 Å². The fourth-order valence-electron chi connectivity index (χ4n) is 0.0827. The van der Waals surface area contributed by atoms with Gasteiger partial charge < -0.3 is 0 Å². The second-order valence-electron chi connectivity index (χ2n) is 0.711. The highest BCUT2D eigenvalue weighted by atomic mass is 32.1. The molecule has 3 heteroatoms. The molecule has 0 aliphatic carbocycles. The Bertz CT molecular complexity index is 142. The van der Waals surface area contributed by atoms with E-state index in [9.17, 15) is 0 Å². The number of hydrogen-bond donors (Lipinski definition) is 1. The molecule has 0 aliphatic heterocycles. The molecule has 0 saturated heterocycles. The van der Waals surface area contributed by atoms with Gasteiger partial charge in [-0.3, -0.25) is 0 Å². The lowest BCUT2D eigenvalue weighted by atomic mass is 10.9. The Morgan fingerprint density at radius 1 is 1.43 bits per heavy atom. The van der Waals surface area contributed by atoms with Gasteiger partial charge in [0.05, 0.1) is 5.41 Å². The molecule has 0 heterocycles. The predicted molar refractivity (Wildman–Crippen MR) is 30.3 cm³/mol. The zero-order valence-corrected chi connectivity index (χ0v) is 4.31. The molecule has 0 aliphatic rings. The molecule has 0 fully saturated rings. The predicted octanol–water partition coefficient (Wildman–Crippen LogP) is 1.55. The smallest absolute Gasteiger partial charge is 0.155 e. The van der Waals surface area contributed by atoms with E-state index in [1.165, 1.54) is 5.41 Å². The van der Waals surface area contributed by atoms with E-state index in [1.54, 1.807) is 0 Å². The highest BCUT2D eigenvalue weighted by molar-refractivity contribution is 7.83. The van der Waals surface area contributed by atoms with Crippen molar-refractivity contribution in [1.29, 1.82) is 0 Å². The quantitative estimate of drug-likeness (QED) is 0.358. The summed E-state index contributed by atoms with van der Waals surface area (Å²) in [5.74, 6) is 0.00309. The molecule has 0 radical (unpaired) electrons. The van der Waals surface area contributed by atoms with Crippen molar-refractivity contribution in [1.82, 2.24) is 0 Å². The Hall–Kier alpha value is -0.930. The summed E-state index contributed by atoms with van der Waals surface area (Å²) in [6.07, 6.45) is 0. The summed E-state index contributed by atoms with van der Waals surface area (Å²) in [5.41, 5.74) is 0. The zero-order valence-electron chi connectivity index (χ0n) is 3.42. The molecule has 0 aromatic carbocycles. The van der Waals surface area contributed by atoms with E-state index in [2.05, 4.69) is 22.3 Å². The third kappa shape index (κ3) is 1.86. The number of rotatable bonds is 0. The van der Waals surface area contributed by atoms with Gasteiger partial charge in [0.1, 0.15) is 13.1 Å². The SMILES string of the molecule is [C-]#[N+]C(=CS)[N+]#[C-]. The summed E-state index contributed by atoms with van der Waals surface area (Å²) in [6.45, 7) is 12.5. The first-order valence-electron chi connectivity index (χ1n) is 1.44. The summed E-state index contributed by atoms with van der Waals surface area (Å²) in [5, 5.41) is 1.18. The van der Waals surface area contributed by atoms with Crippen LogP contribution in [0.3, 0.4) is 0 Å². The summed E-state index contributed by atoms with van der Waals surface area (Å²) in [4.78, 5) is 5.61. The van der Waals surface area contributed by atoms with E-state index >= 15 is 0 Å². The second kappa shape index (κ2) is 3.27. The van der Waals surface area contributed by atoms with Crippen molar-refractivity contribution in [3.8, 4) is 0 Å². The van der Waals surface area contributed by atoms with Crippen molar-refractivity contribution < 1.29 is 0 Å². The van der Waals surface area contributed by atoms with Crippen LogP contribution in [0, 0.1) is 13.1 Å². The average molecular weight is 110 g/mol. The zero-order chi connectivity index (χ0) is 5.70. The Balaban J connectivity index is 4.03. The monoisotopic (exact) mass is 110 g/mol. The lowest BCUT2D eigenvalue weighted by Gasteiger charge is -1.60. The molecule has 0 rings (SSSR count). The van der Waals surface area contributed by atoms with Gasteiger partial charge in [0, 0.05) is 0 Å². The van der Waals surface area contributed by atoms with Crippen LogP contribution in [-0.4, -0.2) is 0 Å². The van der Waals surface area contributed by atoms with Crippen LogP contribution >= 0.6 is 12.6 Å². The Labute approximate surface area is 47.5 Å². The molecule has 7 heavy (non-hydrogen) atoms. The van der Waals surface area contributed by atoms with Crippen molar-refractivity contribution in [3.63, 3.8) is 0 Å². The Kier molecular flexibility index (Phi) is 2.83. The maximum Gasteiger partial charge on any atom is 0.525 e. The third-order valence-corrected chi connectivity index (χ3v) is 0.576. The van der Waals surface area contributed by atoms with Crippen LogP contribution < -0.4 is 0 Å². The lowest BCUT2D eigenvalue weighted by Crippen LogP contribution is -1.51. The van der Waals surface area contributed by atoms with Crippen molar-refractivity contribution in [2.75, 3.05) is 0 Å². The van der Waals surface area contributed by atoms with Gasteiger partial charge in [-0.05, 0) is 0 Å². The van der Waals surface area contributed by atoms with Crippen molar-refractivity contribution in [2.24, 2.45) is 0 Å². The summed E-state index contributed by atoms with van der Waals surface area (Å²) in [6, 6.07) is 0. The standard InChI is InChI=1S/C4H2N2S/c1-5-4(3-7)6-2/h3,7H. The molecule has 0 bridgehead atoms. The lowest BCUT2D eigenvalue weighted by molar-refractivity contribution is 1.75. The molecule has 34 valence electrons. The van der Waals surface area contributed by atoms with Crippen LogP contribution in [0.1, 0.15) is 0 Å². The van der Waals surface area contributed by atoms with E-state index in [0.29, 0.717) is 0 Å². The van der Waals surface area contributed by atoms with Gasteiger partial charge in [-0.15, -0.1) is 0 Å². The minimum Gasteiger partial charge on any atom is -0.155 e. The van der Waals surface area contributed by atoms with Gasteiger partial charge in [-0.2, -0.15) is 22.3 Å². The number of hydrogen-bond acceptors (Lipinski definition) is 1. The van der Waals surface area contributed by atoms with Crippen molar-refractivity contribution >= 4 is 12.6 Å². The Morgan fingerprint density at radius 3 is 1.86 bits per heavy atom. The number of thiol groups is 1. The van der Waals surface area contributed by atoms with Crippen molar-refractivity contribution in [2.45, 2.75) is 0 Å². The molecule has 0 aromatic rings.